The van der Waals surface area contributed by atoms with Crippen LogP contribution in [0, 0.1) is 6.92 Å². The molecular formula is C19H14N4O2. The molecule has 0 saturated heterocycles. The highest BCUT2D eigenvalue weighted by Gasteiger charge is 2.17. The molecule has 6 nitrogen and oxygen atoms in total. The Morgan fingerprint density at radius 3 is 2.52 bits per heavy atom. The fourth-order valence-electron chi connectivity index (χ4n) is 2.61. The number of carbonyl (C=O) groups is 1. The molecule has 0 aliphatic rings. The summed E-state index contributed by atoms with van der Waals surface area (Å²) in [6.07, 6.45) is 2.52. The Bertz CT molecular complexity index is 1020. The quantitative estimate of drug-likeness (QED) is 0.533. The van der Waals surface area contributed by atoms with E-state index in [2.05, 4.69) is 15.2 Å². The van der Waals surface area contributed by atoms with Gasteiger partial charge in [0, 0.05) is 11.1 Å². The molecule has 6 heteroatoms. The van der Waals surface area contributed by atoms with Gasteiger partial charge in [-0.25, -0.2) is 4.68 Å². The Labute approximate surface area is 143 Å². The molecule has 0 bridgehead atoms. The van der Waals surface area contributed by atoms with E-state index in [1.54, 1.807) is 30.5 Å². The maximum Gasteiger partial charge on any atom is 0.261 e. The smallest absolute Gasteiger partial charge is 0.261 e. The number of aldehydes is 1. The summed E-state index contributed by atoms with van der Waals surface area (Å²) in [5.41, 5.74) is 4.06. The normalized spacial score (nSPS) is 10.8. The lowest BCUT2D eigenvalue weighted by molar-refractivity contribution is 0.112. The number of hydrogen-bond acceptors (Lipinski definition) is 5. The van der Waals surface area contributed by atoms with Crippen molar-refractivity contribution in [2.45, 2.75) is 6.92 Å². The lowest BCUT2D eigenvalue weighted by atomic mass is 10.1. The number of benzene rings is 2. The van der Waals surface area contributed by atoms with Crippen molar-refractivity contribution in [2.75, 3.05) is 0 Å². The molecule has 0 amide bonds. The molecule has 2 aromatic carbocycles. The van der Waals surface area contributed by atoms with E-state index in [1.165, 1.54) is 0 Å². The lowest BCUT2D eigenvalue weighted by Gasteiger charge is -2.03. The first kappa shape index (κ1) is 15.0. The first-order chi connectivity index (χ1) is 12.3. The summed E-state index contributed by atoms with van der Waals surface area (Å²) in [6, 6.07) is 16.9. The Balaban J connectivity index is 1.68. The molecule has 4 aromatic rings. The zero-order valence-electron chi connectivity index (χ0n) is 13.5. The molecule has 0 radical (unpaired) electrons. The van der Waals surface area contributed by atoms with Crippen LogP contribution in [-0.4, -0.2) is 26.2 Å². The summed E-state index contributed by atoms with van der Waals surface area (Å²) >= 11 is 0. The van der Waals surface area contributed by atoms with Crippen molar-refractivity contribution in [2.24, 2.45) is 0 Å². The molecule has 2 aromatic heterocycles. The van der Waals surface area contributed by atoms with Gasteiger partial charge >= 0.3 is 0 Å². The van der Waals surface area contributed by atoms with Gasteiger partial charge in [0.2, 0.25) is 5.82 Å². The van der Waals surface area contributed by atoms with Crippen molar-refractivity contribution in [1.29, 1.82) is 0 Å². The van der Waals surface area contributed by atoms with E-state index in [-0.39, 0.29) is 0 Å². The van der Waals surface area contributed by atoms with Gasteiger partial charge in [-0.1, -0.05) is 47.6 Å². The topological polar surface area (TPSA) is 73.8 Å². The third kappa shape index (κ3) is 2.74. The van der Waals surface area contributed by atoms with Gasteiger partial charge < -0.3 is 4.52 Å². The van der Waals surface area contributed by atoms with E-state index < -0.39 is 0 Å². The zero-order chi connectivity index (χ0) is 17.2. The summed E-state index contributed by atoms with van der Waals surface area (Å²) < 4.78 is 7.24. The molecule has 25 heavy (non-hydrogen) atoms. The highest BCUT2D eigenvalue weighted by atomic mass is 16.5. The van der Waals surface area contributed by atoms with Gasteiger partial charge in [0.15, 0.2) is 0 Å². The molecule has 0 saturated carbocycles. The minimum Gasteiger partial charge on any atom is -0.333 e. The monoisotopic (exact) mass is 330 g/mol. The van der Waals surface area contributed by atoms with E-state index >= 15 is 0 Å². The highest BCUT2D eigenvalue weighted by molar-refractivity contribution is 5.76. The van der Waals surface area contributed by atoms with Gasteiger partial charge in [0.1, 0.15) is 6.29 Å². The molecule has 0 fully saturated rings. The zero-order valence-corrected chi connectivity index (χ0v) is 13.5. The molecule has 122 valence electrons. The molecule has 4 rings (SSSR count). The van der Waals surface area contributed by atoms with E-state index in [0.717, 1.165) is 28.8 Å². The lowest BCUT2D eigenvalue weighted by Crippen LogP contribution is -1.98. The van der Waals surface area contributed by atoms with Crippen molar-refractivity contribution in [3.05, 3.63) is 72.1 Å². The number of nitrogens with zero attached hydrogens (tertiary/aromatic N) is 4. The molecular weight excluding hydrogens is 316 g/mol. The molecule has 0 unspecified atom stereocenters. The van der Waals surface area contributed by atoms with Gasteiger partial charge in [-0.15, -0.1) is 0 Å². The van der Waals surface area contributed by atoms with E-state index in [9.17, 15) is 4.79 Å². The Morgan fingerprint density at radius 2 is 1.80 bits per heavy atom. The number of carbonyl (C=O) groups excluding carboxylic acids is 1. The van der Waals surface area contributed by atoms with Gasteiger partial charge in [-0.3, -0.25) is 4.79 Å². The minimum absolute atomic E-state index is 0.411. The number of rotatable bonds is 4. The number of aromatic nitrogens is 4. The van der Waals surface area contributed by atoms with Crippen LogP contribution in [-0.2, 0) is 0 Å². The van der Waals surface area contributed by atoms with Gasteiger partial charge in [0.25, 0.3) is 5.89 Å². The summed E-state index contributed by atoms with van der Waals surface area (Å²) in [4.78, 5) is 15.2. The molecule has 0 aliphatic carbocycles. The predicted octanol–water partition coefficient (Wildman–Crippen LogP) is 3.71. The van der Waals surface area contributed by atoms with Crippen molar-refractivity contribution in [1.82, 2.24) is 19.9 Å². The second-order valence-electron chi connectivity index (χ2n) is 5.55. The van der Waals surface area contributed by atoms with Crippen molar-refractivity contribution in [3.8, 4) is 28.5 Å². The van der Waals surface area contributed by atoms with Gasteiger partial charge in [-0.05, 0) is 19.1 Å². The van der Waals surface area contributed by atoms with E-state index in [4.69, 9.17) is 4.52 Å². The third-order valence-corrected chi connectivity index (χ3v) is 3.97. The standard InChI is InChI=1S/C19H14N4O2/c1-13-17(11-20-23(13)16-5-3-2-4-6-16)19-21-18(22-25-19)15-9-7-14(12-24)8-10-15/h2-12H,1H3. The van der Waals surface area contributed by atoms with Crippen molar-refractivity contribution in [3.63, 3.8) is 0 Å². The van der Waals surface area contributed by atoms with Crippen LogP contribution in [0.15, 0.2) is 65.3 Å². The average Bonchev–Trinajstić information content (AvgIpc) is 3.29. The summed E-state index contributed by atoms with van der Waals surface area (Å²) in [5, 5.41) is 8.45. The van der Waals surface area contributed by atoms with Crippen molar-refractivity contribution >= 4 is 6.29 Å². The second-order valence-corrected chi connectivity index (χ2v) is 5.55. The number of hydrogen-bond donors (Lipinski definition) is 0. The maximum atomic E-state index is 10.7. The van der Waals surface area contributed by atoms with Crippen LogP contribution in [0.1, 0.15) is 16.1 Å². The molecule has 0 N–H and O–H groups in total. The Kier molecular flexibility index (Phi) is 3.70. The molecule has 0 aliphatic heterocycles. The van der Waals surface area contributed by atoms with Crippen LogP contribution in [0.4, 0.5) is 0 Å². The van der Waals surface area contributed by atoms with E-state index in [1.807, 2.05) is 41.9 Å². The SMILES string of the molecule is Cc1c(-c2nc(-c3ccc(C=O)cc3)no2)cnn1-c1ccccc1. The summed E-state index contributed by atoms with van der Waals surface area (Å²) in [5.74, 6) is 0.883. The minimum atomic E-state index is 0.411. The molecule has 0 spiro atoms. The third-order valence-electron chi connectivity index (χ3n) is 3.97. The van der Waals surface area contributed by atoms with E-state index in [0.29, 0.717) is 17.3 Å². The predicted molar refractivity (Wildman–Crippen MR) is 92.4 cm³/mol. The Morgan fingerprint density at radius 1 is 1.04 bits per heavy atom. The van der Waals surface area contributed by atoms with Crippen LogP contribution in [0.2, 0.25) is 0 Å². The van der Waals surface area contributed by atoms with Gasteiger partial charge in [-0.2, -0.15) is 10.1 Å². The van der Waals surface area contributed by atoms with Crippen molar-refractivity contribution < 1.29 is 9.32 Å². The maximum absolute atomic E-state index is 10.7. The van der Waals surface area contributed by atoms with Gasteiger partial charge in [0.05, 0.1) is 23.1 Å². The fraction of sp³-hybridized carbons (Fsp3) is 0.0526. The largest absolute Gasteiger partial charge is 0.333 e. The highest BCUT2D eigenvalue weighted by Crippen LogP contribution is 2.26. The molecule has 0 atom stereocenters. The Hall–Kier alpha value is -3.54. The molecule has 2 heterocycles. The van der Waals surface area contributed by atoms with Crippen LogP contribution in [0.25, 0.3) is 28.5 Å². The van der Waals surface area contributed by atoms with Crippen LogP contribution in [0.5, 0.6) is 0 Å². The second kappa shape index (κ2) is 6.16. The number of para-hydroxylation sites is 1. The fourth-order valence-corrected chi connectivity index (χ4v) is 2.61. The van der Waals surface area contributed by atoms with Crippen LogP contribution in [0.3, 0.4) is 0 Å². The average molecular weight is 330 g/mol. The first-order valence-corrected chi connectivity index (χ1v) is 7.76. The van der Waals surface area contributed by atoms with Crippen LogP contribution >= 0.6 is 0 Å². The van der Waals surface area contributed by atoms with Crippen LogP contribution < -0.4 is 0 Å². The first-order valence-electron chi connectivity index (χ1n) is 7.76. The summed E-state index contributed by atoms with van der Waals surface area (Å²) in [6.45, 7) is 1.96. The summed E-state index contributed by atoms with van der Waals surface area (Å²) in [7, 11) is 0.